The number of amides is 4. The van der Waals surface area contributed by atoms with Crippen LogP contribution >= 0.6 is 0 Å². The van der Waals surface area contributed by atoms with Crippen LogP contribution in [0.3, 0.4) is 0 Å². The summed E-state index contributed by atoms with van der Waals surface area (Å²) in [5, 5.41) is 6.53. The minimum absolute atomic E-state index is 0.0776. The van der Waals surface area contributed by atoms with Gasteiger partial charge in [0, 0.05) is 18.7 Å². The molecule has 0 radical (unpaired) electrons. The Kier molecular flexibility index (Phi) is 15.2. The lowest BCUT2D eigenvalue weighted by atomic mass is 10.0. The molecule has 2 aromatic heterocycles. The number of aromatic nitrogens is 2. The van der Waals surface area contributed by atoms with Gasteiger partial charge in [0.1, 0.15) is 35.2 Å². The molecular formula is C48H66F2N6O11S. The number of nitrogens with one attached hydrogen (secondary N) is 3. The predicted molar refractivity (Wildman–Crippen MR) is 249 cm³/mol. The normalized spacial score (nSPS) is 22.4. The molecule has 7 atom stereocenters. The summed E-state index contributed by atoms with van der Waals surface area (Å²) in [5.74, 6) is -5.18. The number of ether oxygens (including phenoxy) is 5. The fraction of sp³-hybridized carbons (Fsp3) is 0.625. The molecule has 7 unspecified atom stereocenters. The van der Waals surface area contributed by atoms with Crippen LogP contribution in [0.1, 0.15) is 114 Å². The van der Waals surface area contributed by atoms with E-state index < -0.39 is 92.0 Å². The molecule has 3 aromatic rings. The smallest absolute Gasteiger partial charge is 0.408 e. The van der Waals surface area contributed by atoms with Crippen molar-refractivity contribution in [1.82, 2.24) is 30.2 Å². The van der Waals surface area contributed by atoms with Crippen LogP contribution in [-0.2, 0) is 33.9 Å². The molecule has 3 fully saturated rings. The van der Waals surface area contributed by atoms with Gasteiger partial charge in [0.25, 0.3) is 11.8 Å². The molecule has 1 aliphatic heterocycles. The highest BCUT2D eigenvalue weighted by molar-refractivity contribution is 7.91. The Morgan fingerprint density at radius 3 is 2.24 bits per heavy atom. The third-order valence-corrected chi connectivity index (χ3v) is 15.4. The molecule has 0 spiro atoms. The molecule has 68 heavy (non-hydrogen) atoms. The number of alkyl halides is 2. The van der Waals surface area contributed by atoms with Crippen LogP contribution in [0.2, 0.25) is 0 Å². The average molecular weight is 973 g/mol. The quantitative estimate of drug-likeness (QED) is 0.0998. The van der Waals surface area contributed by atoms with Crippen molar-refractivity contribution in [3.63, 3.8) is 0 Å². The minimum Gasteiger partial charge on any atom is -0.497 e. The number of pyridine rings is 2. The van der Waals surface area contributed by atoms with Gasteiger partial charge in [-0.2, -0.15) is 0 Å². The zero-order valence-corrected chi connectivity index (χ0v) is 41.6. The SMILES string of the molecule is CCCC(C)OC(CC)C(NC(=O)OC(C)(C)C(C)(F)F)C(=O)N1CC(Oc2nc(-c3ccc(OC(C)C)cn3)cc3cc(OC)ccc23)CC1C(=O)NC1(C(=O)NS(=O)(=O)C2(C)CC2)CC1C. The van der Waals surface area contributed by atoms with Crippen LogP contribution < -0.4 is 29.6 Å². The number of rotatable bonds is 21. The number of carbonyl (C=O) groups is 4. The first kappa shape index (κ1) is 52.0. The molecule has 17 nitrogen and oxygen atoms in total. The second-order valence-electron chi connectivity index (χ2n) is 19.5. The van der Waals surface area contributed by atoms with Gasteiger partial charge in [-0.1, -0.05) is 27.2 Å². The van der Waals surface area contributed by atoms with Gasteiger partial charge in [0.05, 0.1) is 54.3 Å². The van der Waals surface area contributed by atoms with E-state index in [0.717, 1.165) is 20.3 Å². The van der Waals surface area contributed by atoms with Crippen molar-refractivity contribution >= 4 is 44.6 Å². The number of sulfonamides is 1. The Bertz CT molecular complexity index is 2470. The number of alkyl carbamates (subject to hydrolysis) is 1. The molecule has 6 rings (SSSR count). The van der Waals surface area contributed by atoms with E-state index in [4.69, 9.17) is 28.7 Å². The lowest BCUT2D eigenvalue weighted by Crippen LogP contribution is -2.61. The van der Waals surface area contributed by atoms with Crippen molar-refractivity contribution < 1.29 is 60.1 Å². The first-order valence-corrected chi connectivity index (χ1v) is 24.8. The third-order valence-electron chi connectivity index (χ3n) is 13.2. The standard InChI is InChI=1S/C48H66F2N6O11S/c1-12-14-29(6)65-38(13-2)39(53-44(60)67-45(7,8)47(10,49)50)42(58)56-26-33(23-37(56)40(57)54-48(24-28(48)5)43(59)55-68(61,62)46(9)19-20-46)66-41-34-17-15-31(63-11)21-30(34)22-36(52-41)35-18-16-32(25-51-35)64-27(3)4/h15-18,21-22,25,27-29,33,37-39H,12-14,19-20,23-24,26H2,1-11H3,(H,53,60)(H,54,57)(H,55,59). The second-order valence-corrected chi connectivity index (χ2v) is 21.7. The van der Waals surface area contributed by atoms with Crippen LogP contribution in [-0.4, -0.2) is 119 Å². The van der Waals surface area contributed by atoms with Crippen molar-refractivity contribution in [3.05, 3.63) is 42.6 Å². The minimum atomic E-state index is -4.07. The van der Waals surface area contributed by atoms with Gasteiger partial charge < -0.3 is 39.2 Å². The van der Waals surface area contributed by atoms with E-state index >= 15 is 4.79 Å². The molecule has 3 aliphatic rings. The van der Waals surface area contributed by atoms with Crippen LogP contribution in [0.15, 0.2) is 42.6 Å². The molecule has 1 aromatic carbocycles. The third kappa shape index (κ3) is 11.4. The van der Waals surface area contributed by atoms with Gasteiger partial charge in [-0.3, -0.25) is 24.1 Å². The van der Waals surface area contributed by atoms with Crippen LogP contribution in [0.25, 0.3) is 22.2 Å². The van der Waals surface area contributed by atoms with Crippen molar-refractivity contribution in [1.29, 1.82) is 0 Å². The van der Waals surface area contributed by atoms with Crippen molar-refractivity contribution in [2.24, 2.45) is 5.92 Å². The van der Waals surface area contributed by atoms with E-state index in [2.05, 4.69) is 20.3 Å². The van der Waals surface area contributed by atoms with E-state index in [0.29, 0.717) is 59.8 Å². The zero-order valence-electron chi connectivity index (χ0n) is 40.7. The number of nitrogens with zero attached hydrogens (tertiary/aromatic N) is 3. The first-order chi connectivity index (χ1) is 31.8. The van der Waals surface area contributed by atoms with Gasteiger partial charge in [-0.05, 0) is 121 Å². The summed E-state index contributed by atoms with van der Waals surface area (Å²) >= 11 is 0. The summed E-state index contributed by atoms with van der Waals surface area (Å²) in [4.78, 5) is 67.9. The molecule has 3 N–H and O–H groups in total. The summed E-state index contributed by atoms with van der Waals surface area (Å²) in [6.07, 6.45) is 0.0363. The topological polar surface area (TPSA) is 214 Å². The molecule has 0 bridgehead atoms. The van der Waals surface area contributed by atoms with Gasteiger partial charge in [-0.15, -0.1) is 0 Å². The van der Waals surface area contributed by atoms with E-state index in [1.54, 1.807) is 57.3 Å². The first-order valence-electron chi connectivity index (χ1n) is 23.3. The highest BCUT2D eigenvalue weighted by atomic mass is 32.2. The Hall–Kier alpha value is -5.37. The monoisotopic (exact) mass is 972 g/mol. The molecule has 4 amide bonds. The number of fused-ring (bicyclic) bond motifs is 1. The van der Waals surface area contributed by atoms with Crippen molar-refractivity contribution in [3.8, 4) is 28.8 Å². The van der Waals surface area contributed by atoms with Crippen LogP contribution in [0.4, 0.5) is 13.6 Å². The maximum Gasteiger partial charge on any atom is 0.408 e. The number of benzene rings is 1. The predicted octanol–water partition coefficient (Wildman–Crippen LogP) is 6.85. The van der Waals surface area contributed by atoms with E-state index in [9.17, 15) is 31.6 Å². The number of carbonyl (C=O) groups excluding carboxylic acids is 4. The summed E-state index contributed by atoms with van der Waals surface area (Å²) in [5.41, 5.74) is -2.98. The second kappa shape index (κ2) is 19.9. The number of hydrogen-bond donors (Lipinski definition) is 3. The van der Waals surface area contributed by atoms with Gasteiger partial charge in [0.2, 0.25) is 27.7 Å². The fourth-order valence-electron chi connectivity index (χ4n) is 8.17. The highest BCUT2D eigenvalue weighted by Gasteiger charge is 2.62. The molecule has 1 saturated heterocycles. The van der Waals surface area contributed by atoms with E-state index in [-0.39, 0.29) is 37.8 Å². The maximum absolute atomic E-state index is 15.2. The molecule has 20 heteroatoms. The fourth-order valence-corrected chi connectivity index (χ4v) is 9.48. The Balaban J connectivity index is 1.38. The molecule has 2 saturated carbocycles. The summed E-state index contributed by atoms with van der Waals surface area (Å²) < 4.78 is 86.2. The Morgan fingerprint density at radius 2 is 1.68 bits per heavy atom. The molecular weight excluding hydrogens is 907 g/mol. The van der Waals surface area contributed by atoms with Crippen LogP contribution in [0.5, 0.6) is 17.4 Å². The van der Waals surface area contributed by atoms with E-state index in [1.807, 2.05) is 26.8 Å². The van der Waals surface area contributed by atoms with Crippen molar-refractivity contribution in [2.45, 2.75) is 172 Å². The lowest BCUT2D eigenvalue weighted by Gasteiger charge is -2.35. The molecule has 374 valence electrons. The maximum atomic E-state index is 15.2. The Morgan fingerprint density at radius 1 is 1.00 bits per heavy atom. The Labute approximate surface area is 397 Å². The highest BCUT2D eigenvalue weighted by Crippen LogP contribution is 2.46. The largest absolute Gasteiger partial charge is 0.497 e. The summed E-state index contributed by atoms with van der Waals surface area (Å²) in [6.45, 7) is 15.0. The number of likely N-dealkylation sites (tertiary alicyclic amines) is 1. The van der Waals surface area contributed by atoms with E-state index in [1.165, 1.54) is 18.9 Å². The number of methoxy groups -OCH3 is 1. The average Bonchev–Trinajstić information content (AvgIpc) is 4.12. The van der Waals surface area contributed by atoms with Crippen LogP contribution in [0, 0.1) is 5.92 Å². The van der Waals surface area contributed by atoms with Crippen molar-refractivity contribution in [2.75, 3.05) is 13.7 Å². The van der Waals surface area contributed by atoms with Gasteiger partial charge in [0.15, 0.2) is 5.60 Å². The summed E-state index contributed by atoms with van der Waals surface area (Å²) in [6, 6.07) is 7.69. The number of hydrogen-bond acceptors (Lipinski definition) is 13. The molecule has 3 heterocycles. The number of halogens is 2. The lowest BCUT2D eigenvalue weighted by molar-refractivity contribution is -0.153. The molecule has 2 aliphatic carbocycles. The van der Waals surface area contributed by atoms with Gasteiger partial charge >= 0.3 is 6.09 Å². The summed E-state index contributed by atoms with van der Waals surface area (Å²) in [7, 11) is -2.54. The zero-order chi connectivity index (χ0) is 50.1. The van der Waals surface area contributed by atoms with Gasteiger partial charge in [-0.25, -0.2) is 27.0 Å².